The van der Waals surface area contributed by atoms with Gasteiger partial charge in [0.05, 0.1) is 0 Å². The van der Waals surface area contributed by atoms with Crippen molar-refractivity contribution in [3.05, 3.63) is 12.3 Å². The number of rotatable bonds is 4. The lowest BCUT2D eigenvalue weighted by Crippen LogP contribution is -2.27. The summed E-state index contributed by atoms with van der Waals surface area (Å²) in [4.78, 5) is 10.5. The third-order valence-electron chi connectivity index (χ3n) is 3.42. The average Bonchev–Trinajstić information content (AvgIpc) is 2.40. The van der Waals surface area contributed by atoms with Crippen LogP contribution in [0.15, 0.2) is 12.3 Å². The summed E-state index contributed by atoms with van der Waals surface area (Å²) in [6.45, 7) is 1.07. The van der Waals surface area contributed by atoms with Gasteiger partial charge in [0.25, 0.3) is 0 Å². The molecule has 0 unspecified atom stereocenters. The molecule has 1 saturated carbocycles. The highest BCUT2D eigenvalue weighted by molar-refractivity contribution is 5.41. The molecular formula is C12H21N5. The van der Waals surface area contributed by atoms with Crippen molar-refractivity contribution in [2.75, 3.05) is 23.9 Å². The zero-order chi connectivity index (χ0) is 12.1. The van der Waals surface area contributed by atoms with Crippen LogP contribution in [-0.2, 0) is 0 Å². The van der Waals surface area contributed by atoms with E-state index in [0.29, 0.717) is 5.95 Å². The molecule has 1 aromatic rings. The molecule has 5 nitrogen and oxygen atoms in total. The van der Waals surface area contributed by atoms with Gasteiger partial charge in [-0.2, -0.15) is 4.98 Å². The number of hydrazine groups is 1. The number of nitrogens with one attached hydrogen (secondary N) is 1. The van der Waals surface area contributed by atoms with Crippen LogP contribution in [0.3, 0.4) is 0 Å². The van der Waals surface area contributed by atoms with Crippen LogP contribution in [0.2, 0.25) is 0 Å². The topological polar surface area (TPSA) is 67.1 Å². The van der Waals surface area contributed by atoms with Gasteiger partial charge in [0, 0.05) is 19.8 Å². The van der Waals surface area contributed by atoms with Crippen LogP contribution in [0.4, 0.5) is 11.8 Å². The van der Waals surface area contributed by atoms with Crippen LogP contribution in [0.1, 0.15) is 32.1 Å². The van der Waals surface area contributed by atoms with Crippen LogP contribution < -0.4 is 16.2 Å². The van der Waals surface area contributed by atoms with Gasteiger partial charge >= 0.3 is 0 Å². The van der Waals surface area contributed by atoms with Gasteiger partial charge in [-0.15, -0.1) is 0 Å². The predicted molar refractivity (Wildman–Crippen MR) is 69.7 cm³/mol. The first kappa shape index (κ1) is 12.1. The molecule has 0 spiro atoms. The molecular weight excluding hydrogens is 214 g/mol. The van der Waals surface area contributed by atoms with E-state index >= 15 is 0 Å². The lowest BCUT2D eigenvalue weighted by Gasteiger charge is -2.27. The standard InChI is InChI=1S/C12H21N5/c1-17(9-10-5-3-2-4-6-10)11-7-8-14-12(15-11)16-13/h7-8,10H,2-6,9,13H2,1H3,(H,14,15,16). The van der Waals surface area contributed by atoms with Crippen LogP contribution in [0.5, 0.6) is 0 Å². The summed E-state index contributed by atoms with van der Waals surface area (Å²) in [5.74, 6) is 7.51. The average molecular weight is 235 g/mol. The van der Waals surface area contributed by atoms with E-state index < -0.39 is 0 Å². The van der Waals surface area contributed by atoms with E-state index in [4.69, 9.17) is 5.84 Å². The summed E-state index contributed by atoms with van der Waals surface area (Å²) in [6.07, 6.45) is 8.56. The molecule has 1 heterocycles. The molecule has 0 bridgehead atoms. The van der Waals surface area contributed by atoms with Crippen molar-refractivity contribution in [2.45, 2.75) is 32.1 Å². The molecule has 17 heavy (non-hydrogen) atoms. The van der Waals surface area contributed by atoms with Crippen molar-refractivity contribution in [2.24, 2.45) is 11.8 Å². The Hall–Kier alpha value is -1.36. The summed E-state index contributed by atoms with van der Waals surface area (Å²) >= 11 is 0. The van der Waals surface area contributed by atoms with Crippen LogP contribution in [0.25, 0.3) is 0 Å². The molecule has 1 aliphatic rings. The maximum atomic E-state index is 5.31. The lowest BCUT2D eigenvalue weighted by atomic mass is 9.89. The maximum Gasteiger partial charge on any atom is 0.239 e. The van der Waals surface area contributed by atoms with Gasteiger partial charge in [-0.05, 0) is 24.8 Å². The van der Waals surface area contributed by atoms with E-state index in [0.717, 1.165) is 18.3 Å². The number of aromatic nitrogens is 2. The molecule has 1 aromatic heterocycles. The largest absolute Gasteiger partial charge is 0.359 e. The summed E-state index contributed by atoms with van der Waals surface area (Å²) in [5, 5.41) is 0. The van der Waals surface area contributed by atoms with Crippen molar-refractivity contribution in [3.8, 4) is 0 Å². The zero-order valence-corrected chi connectivity index (χ0v) is 10.4. The summed E-state index contributed by atoms with van der Waals surface area (Å²) in [6, 6.07) is 1.92. The zero-order valence-electron chi connectivity index (χ0n) is 10.4. The number of hydrogen-bond donors (Lipinski definition) is 2. The molecule has 94 valence electrons. The van der Waals surface area contributed by atoms with E-state index in [9.17, 15) is 0 Å². The van der Waals surface area contributed by atoms with Gasteiger partial charge in [0.2, 0.25) is 5.95 Å². The smallest absolute Gasteiger partial charge is 0.239 e. The highest BCUT2D eigenvalue weighted by atomic mass is 15.3. The van der Waals surface area contributed by atoms with E-state index in [1.807, 2.05) is 6.07 Å². The van der Waals surface area contributed by atoms with Crippen molar-refractivity contribution in [1.82, 2.24) is 9.97 Å². The SMILES string of the molecule is CN(CC1CCCCC1)c1ccnc(NN)n1. The molecule has 1 aliphatic carbocycles. The first-order valence-electron chi connectivity index (χ1n) is 6.30. The van der Waals surface area contributed by atoms with Crippen molar-refractivity contribution in [1.29, 1.82) is 0 Å². The second-order valence-corrected chi connectivity index (χ2v) is 4.77. The molecule has 0 atom stereocenters. The monoisotopic (exact) mass is 235 g/mol. The van der Waals surface area contributed by atoms with Crippen molar-refractivity contribution in [3.63, 3.8) is 0 Å². The van der Waals surface area contributed by atoms with Crippen molar-refractivity contribution < 1.29 is 0 Å². The fourth-order valence-corrected chi connectivity index (χ4v) is 2.48. The molecule has 0 saturated heterocycles. The molecule has 0 amide bonds. The van der Waals surface area contributed by atoms with Gasteiger partial charge in [-0.25, -0.2) is 10.8 Å². The Morgan fingerprint density at radius 1 is 1.41 bits per heavy atom. The Balaban J connectivity index is 1.95. The minimum absolute atomic E-state index is 0.470. The minimum atomic E-state index is 0.470. The van der Waals surface area contributed by atoms with E-state index in [1.165, 1.54) is 32.1 Å². The van der Waals surface area contributed by atoms with Crippen molar-refractivity contribution >= 4 is 11.8 Å². The quantitative estimate of drug-likeness (QED) is 0.615. The van der Waals surface area contributed by atoms with E-state index in [1.54, 1.807) is 6.20 Å². The number of nitrogens with two attached hydrogens (primary N) is 1. The maximum absolute atomic E-state index is 5.31. The fourth-order valence-electron chi connectivity index (χ4n) is 2.48. The Labute approximate surface area is 102 Å². The fraction of sp³-hybridized carbons (Fsp3) is 0.667. The Bertz CT molecular complexity index is 349. The molecule has 2 rings (SSSR count). The summed E-state index contributed by atoms with van der Waals surface area (Å²) < 4.78 is 0. The van der Waals surface area contributed by atoms with Gasteiger partial charge < -0.3 is 4.90 Å². The normalized spacial score (nSPS) is 16.8. The second kappa shape index (κ2) is 5.82. The highest BCUT2D eigenvalue weighted by Crippen LogP contribution is 2.25. The van der Waals surface area contributed by atoms with E-state index in [2.05, 4.69) is 27.3 Å². The van der Waals surface area contributed by atoms with Gasteiger partial charge in [-0.3, -0.25) is 5.43 Å². The Morgan fingerprint density at radius 2 is 2.18 bits per heavy atom. The Kier molecular flexibility index (Phi) is 4.14. The number of anilines is 2. The lowest BCUT2D eigenvalue weighted by molar-refractivity contribution is 0.361. The highest BCUT2D eigenvalue weighted by Gasteiger charge is 2.16. The molecule has 0 aliphatic heterocycles. The number of hydrogen-bond acceptors (Lipinski definition) is 5. The summed E-state index contributed by atoms with van der Waals surface area (Å²) in [7, 11) is 2.08. The third kappa shape index (κ3) is 3.30. The molecule has 3 N–H and O–H groups in total. The molecule has 1 fully saturated rings. The molecule has 0 aromatic carbocycles. The number of nitrogen functional groups attached to an aromatic ring is 1. The van der Waals surface area contributed by atoms with Gasteiger partial charge in [0.15, 0.2) is 0 Å². The first-order chi connectivity index (χ1) is 8.29. The van der Waals surface area contributed by atoms with Crippen LogP contribution in [0, 0.1) is 5.92 Å². The first-order valence-corrected chi connectivity index (χ1v) is 6.30. The third-order valence-corrected chi connectivity index (χ3v) is 3.42. The van der Waals surface area contributed by atoms with Gasteiger partial charge in [0.1, 0.15) is 5.82 Å². The minimum Gasteiger partial charge on any atom is -0.359 e. The van der Waals surface area contributed by atoms with Crippen LogP contribution >= 0.6 is 0 Å². The molecule has 0 radical (unpaired) electrons. The Morgan fingerprint density at radius 3 is 2.88 bits per heavy atom. The predicted octanol–water partition coefficient (Wildman–Crippen LogP) is 1.78. The van der Waals surface area contributed by atoms with Crippen LogP contribution in [-0.4, -0.2) is 23.6 Å². The second-order valence-electron chi connectivity index (χ2n) is 4.77. The summed E-state index contributed by atoms with van der Waals surface area (Å²) in [5.41, 5.74) is 2.48. The van der Waals surface area contributed by atoms with Gasteiger partial charge in [-0.1, -0.05) is 19.3 Å². The molecule has 5 heteroatoms. The van der Waals surface area contributed by atoms with E-state index in [-0.39, 0.29) is 0 Å². The number of nitrogens with zero attached hydrogens (tertiary/aromatic N) is 3.